The van der Waals surface area contributed by atoms with Crippen LogP contribution in [0.25, 0.3) is 5.76 Å². The molecule has 1 amide bonds. The lowest BCUT2D eigenvalue weighted by Gasteiger charge is -2.26. The van der Waals surface area contributed by atoms with Gasteiger partial charge in [-0.2, -0.15) is 0 Å². The summed E-state index contributed by atoms with van der Waals surface area (Å²) < 4.78 is 28.6. The second kappa shape index (κ2) is 9.35. The van der Waals surface area contributed by atoms with Crippen LogP contribution in [0.1, 0.15) is 17.2 Å². The van der Waals surface area contributed by atoms with Crippen molar-refractivity contribution < 1.29 is 27.9 Å². The maximum atomic E-state index is 13.2. The fourth-order valence-electron chi connectivity index (χ4n) is 3.82. The molecule has 0 saturated carbocycles. The molecule has 1 saturated heterocycles. The Bertz CT molecular complexity index is 1490. The van der Waals surface area contributed by atoms with Gasteiger partial charge in [0.25, 0.3) is 11.7 Å². The van der Waals surface area contributed by atoms with Gasteiger partial charge in [-0.05, 0) is 60.2 Å². The Hall–Kier alpha value is -3.37. The molecule has 3 aromatic carbocycles. The molecule has 0 aliphatic carbocycles. The summed E-state index contributed by atoms with van der Waals surface area (Å²) in [5.74, 6) is -1.83. The fourth-order valence-corrected chi connectivity index (χ4v) is 4.63. The zero-order valence-electron chi connectivity index (χ0n) is 18.1. The van der Waals surface area contributed by atoms with E-state index in [-0.39, 0.29) is 31.8 Å². The summed E-state index contributed by atoms with van der Waals surface area (Å²) in [6, 6.07) is 15.1. The molecule has 1 unspecified atom stereocenters. The van der Waals surface area contributed by atoms with Gasteiger partial charge in [0.1, 0.15) is 11.5 Å². The zero-order valence-corrected chi connectivity index (χ0v) is 20.4. The second-order valence-electron chi connectivity index (χ2n) is 7.61. The SMILES string of the molecule is COc1cccc(C2/C(=C(\O)c3ccc(Cl)c(Cl)c3)C(=O)C(=O)N2c2ccc(S(N)(=O)=O)cc2)c1. The van der Waals surface area contributed by atoms with Crippen LogP contribution in [0, 0.1) is 0 Å². The van der Waals surface area contributed by atoms with E-state index in [9.17, 15) is 23.1 Å². The number of amides is 1. The van der Waals surface area contributed by atoms with E-state index in [1.54, 1.807) is 24.3 Å². The van der Waals surface area contributed by atoms with Crippen LogP contribution in [-0.4, -0.2) is 32.3 Å². The molecule has 3 N–H and O–H groups in total. The highest BCUT2D eigenvalue weighted by Crippen LogP contribution is 2.43. The molecule has 1 aliphatic heterocycles. The van der Waals surface area contributed by atoms with Crippen molar-refractivity contribution in [3.05, 3.63) is 93.5 Å². The third-order valence-electron chi connectivity index (χ3n) is 5.49. The average Bonchev–Trinajstić information content (AvgIpc) is 3.10. The minimum absolute atomic E-state index is 0.154. The Balaban J connectivity index is 1.94. The van der Waals surface area contributed by atoms with Gasteiger partial charge in [-0.3, -0.25) is 14.5 Å². The van der Waals surface area contributed by atoms with Gasteiger partial charge in [0, 0.05) is 11.3 Å². The molecule has 180 valence electrons. The van der Waals surface area contributed by atoms with Gasteiger partial charge in [-0.25, -0.2) is 13.6 Å². The molecule has 35 heavy (non-hydrogen) atoms. The topological polar surface area (TPSA) is 127 Å². The van der Waals surface area contributed by atoms with Crippen LogP contribution >= 0.6 is 23.2 Å². The Labute approximate surface area is 211 Å². The monoisotopic (exact) mass is 532 g/mol. The maximum absolute atomic E-state index is 13.2. The van der Waals surface area contributed by atoms with Crippen LogP contribution < -0.4 is 14.8 Å². The van der Waals surface area contributed by atoms with Crippen LogP contribution in [-0.2, 0) is 19.6 Å². The summed E-state index contributed by atoms with van der Waals surface area (Å²) in [7, 11) is -2.50. The lowest BCUT2D eigenvalue weighted by Crippen LogP contribution is -2.29. The molecular weight excluding hydrogens is 515 g/mol. The summed E-state index contributed by atoms with van der Waals surface area (Å²) in [5, 5.41) is 16.7. The number of carbonyl (C=O) groups is 2. The lowest BCUT2D eigenvalue weighted by atomic mass is 9.95. The van der Waals surface area contributed by atoms with Crippen molar-refractivity contribution >= 4 is 56.4 Å². The van der Waals surface area contributed by atoms with E-state index in [0.29, 0.717) is 11.3 Å². The standard InChI is InChI=1S/C24H18Cl2N2O6S/c1-34-16-4-2-3-13(11-16)21-20(22(29)14-5-10-18(25)19(26)12-14)23(30)24(31)28(21)15-6-8-17(9-7-15)35(27,32)33/h2-12,21,29H,1H3,(H2,27,32,33)/b22-20+. The number of sulfonamides is 1. The first-order chi connectivity index (χ1) is 16.5. The second-order valence-corrected chi connectivity index (χ2v) is 9.99. The van der Waals surface area contributed by atoms with Gasteiger partial charge >= 0.3 is 0 Å². The smallest absolute Gasteiger partial charge is 0.300 e. The number of ketones is 1. The largest absolute Gasteiger partial charge is 0.507 e. The quantitative estimate of drug-likeness (QED) is 0.287. The van der Waals surface area contributed by atoms with Crippen molar-refractivity contribution in [3.8, 4) is 5.75 Å². The van der Waals surface area contributed by atoms with Crippen molar-refractivity contribution in [2.45, 2.75) is 10.9 Å². The number of anilines is 1. The molecule has 1 aliphatic rings. The van der Waals surface area contributed by atoms with Crippen molar-refractivity contribution in [1.29, 1.82) is 0 Å². The van der Waals surface area contributed by atoms with Gasteiger partial charge < -0.3 is 9.84 Å². The van der Waals surface area contributed by atoms with Gasteiger partial charge in [0.05, 0.1) is 33.7 Å². The predicted molar refractivity (Wildman–Crippen MR) is 132 cm³/mol. The first-order valence-corrected chi connectivity index (χ1v) is 12.4. The molecule has 0 spiro atoms. The highest BCUT2D eigenvalue weighted by atomic mass is 35.5. The van der Waals surface area contributed by atoms with E-state index in [1.165, 1.54) is 54.5 Å². The summed E-state index contributed by atoms with van der Waals surface area (Å²) in [4.78, 5) is 27.4. The zero-order chi connectivity index (χ0) is 25.5. The minimum atomic E-state index is -3.97. The van der Waals surface area contributed by atoms with Crippen LogP contribution in [0.5, 0.6) is 5.75 Å². The molecule has 4 rings (SSSR count). The van der Waals surface area contributed by atoms with E-state index >= 15 is 0 Å². The Kier molecular flexibility index (Phi) is 6.61. The van der Waals surface area contributed by atoms with Gasteiger partial charge in [-0.1, -0.05) is 35.3 Å². The molecule has 1 atom stereocenters. The number of aliphatic hydroxyl groups excluding tert-OH is 1. The number of carbonyl (C=O) groups excluding carboxylic acids is 2. The third kappa shape index (κ3) is 4.63. The number of primary sulfonamides is 1. The van der Waals surface area contributed by atoms with E-state index in [4.69, 9.17) is 33.1 Å². The normalized spacial score (nSPS) is 17.6. The number of nitrogens with zero attached hydrogens (tertiary/aromatic N) is 1. The van der Waals surface area contributed by atoms with Crippen molar-refractivity contribution in [2.24, 2.45) is 5.14 Å². The van der Waals surface area contributed by atoms with Crippen LogP contribution in [0.4, 0.5) is 5.69 Å². The highest BCUT2D eigenvalue weighted by molar-refractivity contribution is 7.89. The first kappa shape index (κ1) is 24.7. The lowest BCUT2D eigenvalue weighted by molar-refractivity contribution is -0.132. The fraction of sp³-hybridized carbons (Fsp3) is 0.0833. The van der Waals surface area contributed by atoms with Gasteiger partial charge in [0.15, 0.2) is 0 Å². The number of benzene rings is 3. The summed E-state index contributed by atoms with van der Waals surface area (Å²) in [5.41, 5.74) is 0.702. The molecule has 0 aromatic heterocycles. The predicted octanol–water partition coefficient (Wildman–Crippen LogP) is 4.28. The first-order valence-electron chi connectivity index (χ1n) is 10.1. The molecule has 1 fully saturated rings. The number of halogens is 2. The Morgan fingerprint density at radius 2 is 1.69 bits per heavy atom. The van der Waals surface area contributed by atoms with E-state index in [0.717, 1.165) is 0 Å². The molecule has 1 heterocycles. The van der Waals surface area contributed by atoms with Crippen molar-refractivity contribution in [2.75, 3.05) is 12.0 Å². The number of rotatable bonds is 5. The minimum Gasteiger partial charge on any atom is -0.507 e. The van der Waals surface area contributed by atoms with Gasteiger partial charge in [0.2, 0.25) is 10.0 Å². The number of ether oxygens (including phenoxy) is 1. The molecular formula is C24H18Cl2N2O6S. The number of nitrogens with two attached hydrogens (primary N) is 1. The molecule has 0 bridgehead atoms. The number of hydrogen-bond acceptors (Lipinski definition) is 6. The van der Waals surface area contributed by atoms with Crippen LogP contribution in [0.3, 0.4) is 0 Å². The molecule has 11 heteroatoms. The van der Waals surface area contributed by atoms with Crippen LogP contribution in [0.15, 0.2) is 77.2 Å². The van der Waals surface area contributed by atoms with Crippen molar-refractivity contribution in [1.82, 2.24) is 0 Å². The summed E-state index contributed by atoms with van der Waals surface area (Å²) in [6.45, 7) is 0. The Morgan fingerprint density at radius 1 is 1.00 bits per heavy atom. The third-order valence-corrected chi connectivity index (χ3v) is 7.16. The number of methoxy groups -OCH3 is 1. The molecule has 8 nitrogen and oxygen atoms in total. The van der Waals surface area contributed by atoms with E-state index in [2.05, 4.69) is 0 Å². The van der Waals surface area contributed by atoms with Crippen LogP contribution in [0.2, 0.25) is 10.0 Å². The molecule has 0 radical (unpaired) electrons. The average molecular weight is 533 g/mol. The van der Waals surface area contributed by atoms with Crippen molar-refractivity contribution in [3.63, 3.8) is 0 Å². The van der Waals surface area contributed by atoms with E-state index in [1.807, 2.05) is 0 Å². The summed E-state index contributed by atoms with van der Waals surface area (Å²) >= 11 is 12.1. The van der Waals surface area contributed by atoms with E-state index < -0.39 is 33.5 Å². The number of Topliss-reactive ketones (excluding diaryl/α,β-unsaturated/α-hetero) is 1. The van der Waals surface area contributed by atoms with Gasteiger partial charge in [-0.15, -0.1) is 0 Å². The Morgan fingerprint density at radius 3 is 2.29 bits per heavy atom. The number of aliphatic hydroxyl groups is 1. The maximum Gasteiger partial charge on any atom is 0.300 e. The summed E-state index contributed by atoms with van der Waals surface area (Å²) in [6.07, 6.45) is 0. The molecule has 3 aromatic rings. The highest BCUT2D eigenvalue weighted by Gasteiger charge is 2.47. The number of hydrogen-bond donors (Lipinski definition) is 2.